The van der Waals surface area contributed by atoms with Gasteiger partial charge in [-0.2, -0.15) is 5.10 Å². The summed E-state index contributed by atoms with van der Waals surface area (Å²) in [5.41, 5.74) is 10.4. The fourth-order valence-electron chi connectivity index (χ4n) is 3.56. The maximum atomic E-state index is 12.2. The number of phenolic OH excluding ortho intramolecular Hbond substituents is 1. The van der Waals surface area contributed by atoms with Crippen LogP contribution in [0.3, 0.4) is 0 Å². The summed E-state index contributed by atoms with van der Waals surface area (Å²) in [6, 6.07) is 11.5. The number of hydrogen-bond donors (Lipinski definition) is 5. The van der Waals surface area contributed by atoms with Crippen LogP contribution in [0.4, 0.5) is 17.3 Å². The lowest BCUT2D eigenvalue weighted by molar-refractivity contribution is 0.100. The first-order chi connectivity index (χ1) is 16.0. The highest BCUT2D eigenvalue weighted by molar-refractivity contribution is 14.1. The molecule has 2 aromatic carbocycles. The molecule has 0 atom stereocenters. The molecule has 0 aliphatic rings. The number of nitrogens with zero attached hydrogens (tertiary/aromatic N) is 3. The Hall–Kier alpha value is -3.54. The van der Waals surface area contributed by atoms with Crippen LogP contribution in [-0.4, -0.2) is 30.8 Å². The number of alkyl halides is 1. The molecule has 170 valence electrons. The van der Waals surface area contributed by atoms with Gasteiger partial charge in [0.25, 0.3) is 5.91 Å². The number of carbonyl (C=O) groups is 1. The van der Waals surface area contributed by atoms with Crippen LogP contribution in [0.1, 0.15) is 34.0 Å². The number of aryl methyl sites for hydroxylation is 1. The van der Waals surface area contributed by atoms with Crippen molar-refractivity contribution in [2.45, 2.75) is 24.3 Å². The number of amides is 1. The van der Waals surface area contributed by atoms with E-state index in [9.17, 15) is 9.90 Å². The van der Waals surface area contributed by atoms with Crippen molar-refractivity contribution >= 4 is 45.8 Å². The summed E-state index contributed by atoms with van der Waals surface area (Å²) >= 11 is 2.23. The summed E-state index contributed by atoms with van der Waals surface area (Å²) < 4.78 is 2.60. The standard InChI is InChI=1S/C23H24IN7O2/c1-2-15-9-14(10-16(11-24)20(15)32)12-27-22-19(21(25)33)23(30-29-22)28-17-3-5-18(6-4-17)31-8-7-26-13-31/h3-10,13,32H,2,11-12H2,1H3,(H2,25,33)(H3,27,28,29,30). The number of imidazole rings is 1. The number of aromatic amines is 1. The van der Waals surface area contributed by atoms with Crippen molar-refractivity contribution in [2.24, 2.45) is 5.73 Å². The normalized spacial score (nSPS) is 10.8. The molecule has 33 heavy (non-hydrogen) atoms. The zero-order valence-electron chi connectivity index (χ0n) is 18.0. The number of carbonyl (C=O) groups excluding carboxylic acids is 1. The Morgan fingerprint density at radius 2 is 2.00 bits per heavy atom. The van der Waals surface area contributed by atoms with E-state index in [4.69, 9.17) is 5.73 Å². The zero-order chi connectivity index (χ0) is 23.4. The number of anilines is 3. The third-order valence-corrected chi connectivity index (χ3v) is 6.09. The van der Waals surface area contributed by atoms with Crippen molar-refractivity contribution in [1.29, 1.82) is 0 Å². The Balaban J connectivity index is 1.52. The van der Waals surface area contributed by atoms with Crippen LogP contribution in [0.2, 0.25) is 0 Å². The molecule has 9 nitrogen and oxygen atoms in total. The van der Waals surface area contributed by atoms with Crippen LogP contribution in [0.25, 0.3) is 5.69 Å². The molecule has 1 amide bonds. The number of nitrogens with one attached hydrogen (secondary N) is 3. The molecule has 0 aliphatic heterocycles. The van der Waals surface area contributed by atoms with Gasteiger partial charge in [-0.1, -0.05) is 35.6 Å². The monoisotopic (exact) mass is 557 g/mol. The van der Waals surface area contributed by atoms with Crippen LogP contribution >= 0.6 is 22.6 Å². The van der Waals surface area contributed by atoms with Crippen molar-refractivity contribution in [1.82, 2.24) is 19.7 Å². The Labute approximate surface area is 204 Å². The fourth-order valence-corrected chi connectivity index (χ4v) is 4.14. The van der Waals surface area contributed by atoms with E-state index in [2.05, 4.69) is 48.4 Å². The first-order valence-corrected chi connectivity index (χ1v) is 11.9. The van der Waals surface area contributed by atoms with Crippen LogP contribution in [0.5, 0.6) is 5.75 Å². The third kappa shape index (κ3) is 4.95. The lowest BCUT2D eigenvalue weighted by Crippen LogP contribution is -2.15. The molecule has 0 radical (unpaired) electrons. The quantitative estimate of drug-likeness (QED) is 0.154. The predicted octanol–water partition coefficient (Wildman–Crippen LogP) is 4.25. The Kier molecular flexibility index (Phi) is 6.82. The van der Waals surface area contributed by atoms with Crippen LogP contribution < -0.4 is 16.4 Å². The van der Waals surface area contributed by atoms with Gasteiger partial charge in [0, 0.05) is 40.3 Å². The summed E-state index contributed by atoms with van der Waals surface area (Å²) in [6.45, 7) is 2.45. The van der Waals surface area contributed by atoms with Gasteiger partial charge < -0.3 is 26.0 Å². The van der Waals surface area contributed by atoms with Gasteiger partial charge in [0.15, 0.2) is 5.82 Å². The highest BCUT2D eigenvalue weighted by Gasteiger charge is 2.19. The summed E-state index contributed by atoms with van der Waals surface area (Å²) in [6.07, 6.45) is 6.03. The number of benzene rings is 2. The molecule has 2 aromatic heterocycles. The largest absolute Gasteiger partial charge is 0.507 e. The Morgan fingerprint density at radius 1 is 1.24 bits per heavy atom. The van der Waals surface area contributed by atoms with Crippen molar-refractivity contribution in [3.8, 4) is 11.4 Å². The minimum atomic E-state index is -0.600. The number of H-pyrrole nitrogens is 1. The smallest absolute Gasteiger partial charge is 0.256 e. The minimum absolute atomic E-state index is 0.247. The van der Waals surface area contributed by atoms with Crippen molar-refractivity contribution in [3.05, 3.63) is 77.4 Å². The number of halogens is 1. The van der Waals surface area contributed by atoms with E-state index < -0.39 is 5.91 Å². The van der Waals surface area contributed by atoms with Gasteiger partial charge in [0.2, 0.25) is 0 Å². The summed E-state index contributed by atoms with van der Waals surface area (Å²) in [4.78, 5) is 16.2. The summed E-state index contributed by atoms with van der Waals surface area (Å²) in [5.74, 6) is 0.521. The van der Waals surface area contributed by atoms with E-state index in [0.29, 0.717) is 28.4 Å². The van der Waals surface area contributed by atoms with E-state index in [1.165, 1.54) is 0 Å². The highest BCUT2D eigenvalue weighted by Crippen LogP contribution is 2.29. The van der Waals surface area contributed by atoms with Gasteiger partial charge in [-0.3, -0.25) is 9.89 Å². The van der Waals surface area contributed by atoms with Crippen LogP contribution in [-0.2, 0) is 17.4 Å². The number of phenols is 1. The summed E-state index contributed by atoms with van der Waals surface area (Å²) in [7, 11) is 0. The number of hydrogen-bond acceptors (Lipinski definition) is 6. The average Bonchev–Trinajstić information content (AvgIpc) is 3.49. The second-order valence-corrected chi connectivity index (χ2v) is 8.19. The van der Waals surface area contributed by atoms with Gasteiger partial charge in [-0.25, -0.2) is 4.98 Å². The molecule has 6 N–H and O–H groups in total. The van der Waals surface area contributed by atoms with Crippen molar-refractivity contribution in [3.63, 3.8) is 0 Å². The van der Waals surface area contributed by atoms with Crippen LogP contribution in [0.15, 0.2) is 55.1 Å². The van der Waals surface area contributed by atoms with E-state index >= 15 is 0 Å². The molecule has 0 saturated heterocycles. The van der Waals surface area contributed by atoms with Gasteiger partial charge in [-0.05, 0) is 47.9 Å². The van der Waals surface area contributed by atoms with Crippen molar-refractivity contribution in [2.75, 3.05) is 10.6 Å². The lowest BCUT2D eigenvalue weighted by atomic mass is 10.0. The second kappa shape index (κ2) is 9.94. The molecule has 4 rings (SSSR count). The molecule has 10 heteroatoms. The first kappa shape index (κ1) is 22.6. The molecule has 0 aliphatic carbocycles. The number of rotatable bonds is 9. The van der Waals surface area contributed by atoms with Crippen molar-refractivity contribution < 1.29 is 9.90 Å². The van der Waals surface area contributed by atoms with E-state index in [1.807, 2.05) is 54.1 Å². The Bertz CT molecular complexity index is 1230. The first-order valence-electron chi connectivity index (χ1n) is 10.4. The fraction of sp³-hybridized carbons (Fsp3) is 0.174. The molecular weight excluding hydrogens is 533 g/mol. The Morgan fingerprint density at radius 3 is 2.64 bits per heavy atom. The van der Waals surface area contributed by atoms with Gasteiger partial charge in [-0.15, -0.1) is 0 Å². The molecular formula is C23H24IN7O2. The van der Waals surface area contributed by atoms with Gasteiger partial charge >= 0.3 is 0 Å². The van der Waals surface area contributed by atoms with E-state index in [-0.39, 0.29) is 5.56 Å². The molecule has 0 fully saturated rings. The SMILES string of the molecule is CCc1cc(CNc2[nH]nc(Nc3ccc(-n4ccnc4)cc3)c2C(N)=O)cc(CI)c1O. The third-order valence-electron chi connectivity index (χ3n) is 5.27. The molecule has 4 aromatic rings. The molecule has 0 spiro atoms. The molecule has 0 saturated carbocycles. The van der Waals surface area contributed by atoms with Gasteiger partial charge in [0.1, 0.15) is 17.1 Å². The number of aromatic nitrogens is 4. The second-order valence-electron chi connectivity index (χ2n) is 7.43. The van der Waals surface area contributed by atoms with Gasteiger partial charge in [0.05, 0.1) is 6.33 Å². The maximum absolute atomic E-state index is 12.2. The van der Waals surface area contributed by atoms with E-state index in [1.54, 1.807) is 12.5 Å². The van der Waals surface area contributed by atoms with Crippen LogP contribution in [0, 0.1) is 0 Å². The molecule has 2 heterocycles. The number of primary amides is 1. The molecule has 0 unspecified atom stereocenters. The molecule has 0 bridgehead atoms. The topological polar surface area (TPSA) is 134 Å². The lowest BCUT2D eigenvalue weighted by Gasteiger charge is -2.12. The number of aromatic hydroxyl groups is 1. The highest BCUT2D eigenvalue weighted by atomic mass is 127. The van der Waals surface area contributed by atoms with E-state index in [0.717, 1.165) is 34.5 Å². The zero-order valence-corrected chi connectivity index (χ0v) is 20.1. The maximum Gasteiger partial charge on any atom is 0.256 e. The number of nitrogens with two attached hydrogens (primary N) is 1. The minimum Gasteiger partial charge on any atom is -0.507 e. The predicted molar refractivity (Wildman–Crippen MR) is 136 cm³/mol. The summed E-state index contributed by atoms with van der Waals surface area (Å²) in [5, 5.41) is 23.8. The average molecular weight is 557 g/mol.